The van der Waals surface area contributed by atoms with Crippen LogP contribution in [0.4, 0.5) is 0 Å². The minimum Gasteiger partial charge on any atom is -0.308 e. The van der Waals surface area contributed by atoms with E-state index in [1.807, 2.05) is 0 Å². The van der Waals surface area contributed by atoms with Crippen LogP contribution in [-0.4, -0.2) is 35.6 Å². The number of piperazine rings is 1. The highest BCUT2D eigenvalue weighted by Crippen LogP contribution is 2.48. The van der Waals surface area contributed by atoms with Crippen molar-refractivity contribution in [3.63, 3.8) is 0 Å². The molecule has 0 radical (unpaired) electrons. The standard InChI is InChI=1S/C19H38N2/c1-8-19(9-2)14-21(15(3)12-20-19)16-10-17(4,5)13-18(6,7)11-16/h15-16,20H,8-14H2,1-7H3. The fourth-order valence-electron chi connectivity index (χ4n) is 5.28. The van der Waals surface area contributed by atoms with E-state index in [0.29, 0.717) is 22.4 Å². The Morgan fingerprint density at radius 3 is 2.00 bits per heavy atom. The van der Waals surface area contributed by atoms with Crippen LogP contribution in [0.1, 0.15) is 80.6 Å². The van der Waals surface area contributed by atoms with Crippen LogP contribution in [0.3, 0.4) is 0 Å². The van der Waals surface area contributed by atoms with Crippen molar-refractivity contribution in [2.45, 2.75) is 98.2 Å². The first-order valence-electron chi connectivity index (χ1n) is 9.13. The molecule has 0 bridgehead atoms. The van der Waals surface area contributed by atoms with Crippen LogP contribution in [0.5, 0.6) is 0 Å². The van der Waals surface area contributed by atoms with E-state index in [1.165, 1.54) is 38.6 Å². The summed E-state index contributed by atoms with van der Waals surface area (Å²) >= 11 is 0. The molecule has 1 aliphatic carbocycles. The van der Waals surface area contributed by atoms with Crippen LogP contribution in [0.2, 0.25) is 0 Å². The lowest BCUT2D eigenvalue weighted by atomic mass is 9.63. The zero-order chi connectivity index (χ0) is 15.9. The zero-order valence-electron chi connectivity index (χ0n) is 15.6. The van der Waals surface area contributed by atoms with Crippen LogP contribution in [0.15, 0.2) is 0 Å². The number of nitrogens with zero attached hydrogens (tertiary/aromatic N) is 1. The van der Waals surface area contributed by atoms with Crippen molar-refractivity contribution >= 4 is 0 Å². The van der Waals surface area contributed by atoms with Gasteiger partial charge in [0.05, 0.1) is 0 Å². The van der Waals surface area contributed by atoms with Crippen molar-refractivity contribution in [3.05, 3.63) is 0 Å². The van der Waals surface area contributed by atoms with Gasteiger partial charge in [0, 0.05) is 30.7 Å². The first kappa shape index (κ1) is 17.3. The van der Waals surface area contributed by atoms with Gasteiger partial charge in [-0.3, -0.25) is 4.90 Å². The third-order valence-corrected chi connectivity index (χ3v) is 6.18. The van der Waals surface area contributed by atoms with Gasteiger partial charge in [0.2, 0.25) is 0 Å². The SMILES string of the molecule is CCC1(CC)CN(C2CC(C)(C)CC(C)(C)C2)C(C)CN1. The smallest absolute Gasteiger partial charge is 0.0304 e. The molecule has 21 heavy (non-hydrogen) atoms. The van der Waals surface area contributed by atoms with E-state index in [9.17, 15) is 0 Å². The monoisotopic (exact) mass is 294 g/mol. The maximum Gasteiger partial charge on any atom is 0.0304 e. The predicted molar refractivity (Wildman–Crippen MR) is 92.7 cm³/mol. The van der Waals surface area contributed by atoms with Gasteiger partial charge in [-0.15, -0.1) is 0 Å². The maximum atomic E-state index is 3.85. The van der Waals surface area contributed by atoms with E-state index < -0.39 is 0 Å². The van der Waals surface area contributed by atoms with Crippen LogP contribution < -0.4 is 5.32 Å². The molecule has 0 aromatic heterocycles. The van der Waals surface area contributed by atoms with Crippen molar-refractivity contribution in [2.24, 2.45) is 10.8 Å². The minimum atomic E-state index is 0.345. The van der Waals surface area contributed by atoms with Crippen LogP contribution in [0, 0.1) is 10.8 Å². The van der Waals surface area contributed by atoms with Gasteiger partial charge >= 0.3 is 0 Å². The molecule has 1 N–H and O–H groups in total. The molecule has 2 nitrogen and oxygen atoms in total. The van der Waals surface area contributed by atoms with Gasteiger partial charge in [0.1, 0.15) is 0 Å². The molecule has 2 aliphatic rings. The van der Waals surface area contributed by atoms with Crippen LogP contribution in [0.25, 0.3) is 0 Å². The lowest BCUT2D eigenvalue weighted by molar-refractivity contribution is -0.0263. The highest BCUT2D eigenvalue weighted by atomic mass is 15.3. The third-order valence-electron chi connectivity index (χ3n) is 6.18. The average Bonchev–Trinajstić information content (AvgIpc) is 2.36. The molecule has 1 atom stereocenters. The predicted octanol–water partition coefficient (Wildman–Crippen LogP) is 4.44. The van der Waals surface area contributed by atoms with Crippen molar-refractivity contribution in [1.29, 1.82) is 0 Å². The molecule has 0 aromatic rings. The Labute approximate surface area is 133 Å². The van der Waals surface area contributed by atoms with Crippen molar-refractivity contribution in [3.8, 4) is 0 Å². The van der Waals surface area contributed by atoms with E-state index in [4.69, 9.17) is 0 Å². The quantitative estimate of drug-likeness (QED) is 0.827. The zero-order valence-corrected chi connectivity index (χ0v) is 15.6. The second-order valence-electron chi connectivity index (χ2n) is 9.46. The summed E-state index contributed by atoms with van der Waals surface area (Å²) in [5.74, 6) is 0. The molecule has 2 fully saturated rings. The summed E-state index contributed by atoms with van der Waals surface area (Å²) in [7, 11) is 0. The highest BCUT2D eigenvalue weighted by Gasteiger charge is 2.44. The van der Waals surface area contributed by atoms with E-state index in [1.54, 1.807) is 0 Å². The fraction of sp³-hybridized carbons (Fsp3) is 1.00. The molecule has 0 amide bonds. The Balaban J connectivity index is 2.18. The van der Waals surface area contributed by atoms with Gasteiger partial charge in [-0.1, -0.05) is 41.5 Å². The molecule has 1 unspecified atom stereocenters. The van der Waals surface area contributed by atoms with E-state index >= 15 is 0 Å². The lowest BCUT2D eigenvalue weighted by Crippen LogP contribution is -2.66. The Morgan fingerprint density at radius 1 is 1.00 bits per heavy atom. The topological polar surface area (TPSA) is 15.3 Å². The molecule has 124 valence electrons. The van der Waals surface area contributed by atoms with Crippen LogP contribution in [-0.2, 0) is 0 Å². The van der Waals surface area contributed by atoms with Gasteiger partial charge in [-0.25, -0.2) is 0 Å². The van der Waals surface area contributed by atoms with Gasteiger partial charge in [-0.2, -0.15) is 0 Å². The summed E-state index contributed by atoms with van der Waals surface area (Å²) in [4.78, 5) is 2.85. The van der Waals surface area contributed by atoms with Gasteiger partial charge in [0.25, 0.3) is 0 Å². The molecule has 0 spiro atoms. The van der Waals surface area contributed by atoms with E-state index in [0.717, 1.165) is 12.6 Å². The molecular formula is C19H38N2. The molecular weight excluding hydrogens is 256 g/mol. The van der Waals surface area contributed by atoms with Gasteiger partial charge in [0.15, 0.2) is 0 Å². The molecule has 1 aliphatic heterocycles. The number of rotatable bonds is 3. The molecule has 1 saturated heterocycles. The minimum absolute atomic E-state index is 0.345. The molecule has 2 heteroatoms. The van der Waals surface area contributed by atoms with Crippen molar-refractivity contribution in [2.75, 3.05) is 13.1 Å². The number of nitrogens with one attached hydrogen (secondary N) is 1. The number of hydrogen-bond donors (Lipinski definition) is 1. The van der Waals surface area contributed by atoms with Crippen LogP contribution >= 0.6 is 0 Å². The summed E-state index contributed by atoms with van der Waals surface area (Å²) in [5.41, 5.74) is 1.31. The molecule has 1 heterocycles. The largest absolute Gasteiger partial charge is 0.308 e. The second kappa shape index (κ2) is 5.85. The summed E-state index contributed by atoms with van der Waals surface area (Å²) in [5, 5.41) is 3.85. The number of hydrogen-bond acceptors (Lipinski definition) is 2. The summed E-state index contributed by atoms with van der Waals surface area (Å²) in [6.45, 7) is 19.4. The molecule has 1 saturated carbocycles. The molecule has 0 aromatic carbocycles. The van der Waals surface area contributed by atoms with E-state index in [-0.39, 0.29) is 0 Å². The fourth-order valence-corrected chi connectivity index (χ4v) is 5.28. The summed E-state index contributed by atoms with van der Waals surface area (Å²) < 4.78 is 0. The summed E-state index contributed by atoms with van der Waals surface area (Å²) in [6.07, 6.45) is 6.58. The Hall–Kier alpha value is -0.0800. The van der Waals surface area contributed by atoms with Gasteiger partial charge in [-0.05, 0) is 49.9 Å². The normalized spacial score (nSPS) is 33.0. The van der Waals surface area contributed by atoms with Gasteiger partial charge < -0.3 is 5.32 Å². The van der Waals surface area contributed by atoms with E-state index in [2.05, 4.69) is 58.7 Å². The van der Waals surface area contributed by atoms with Crippen molar-refractivity contribution < 1.29 is 0 Å². The lowest BCUT2D eigenvalue weighted by Gasteiger charge is -2.54. The third kappa shape index (κ3) is 3.82. The second-order valence-corrected chi connectivity index (χ2v) is 9.46. The Morgan fingerprint density at radius 2 is 1.52 bits per heavy atom. The Bertz CT molecular complexity index is 339. The Kier molecular flexibility index (Phi) is 4.81. The molecule has 2 rings (SSSR count). The highest BCUT2D eigenvalue weighted by molar-refractivity contribution is 5.01. The maximum absolute atomic E-state index is 3.85. The average molecular weight is 295 g/mol. The first-order chi connectivity index (χ1) is 9.62. The van der Waals surface area contributed by atoms with Crippen molar-refractivity contribution in [1.82, 2.24) is 10.2 Å². The first-order valence-corrected chi connectivity index (χ1v) is 9.13. The summed E-state index contributed by atoms with van der Waals surface area (Å²) in [6, 6.07) is 1.43.